The Kier molecular flexibility index (Phi) is 5.31. The van der Waals surface area contributed by atoms with Crippen LogP contribution in [0.15, 0.2) is 30.5 Å². The molecule has 1 N–H and O–H groups in total. The van der Waals surface area contributed by atoms with E-state index in [9.17, 15) is 18.4 Å². The third kappa shape index (κ3) is 3.82. The molecule has 3 heterocycles. The Bertz CT molecular complexity index is 1020. The summed E-state index contributed by atoms with van der Waals surface area (Å²) in [6.07, 6.45) is 4.37. The maximum absolute atomic E-state index is 14.8. The summed E-state index contributed by atoms with van der Waals surface area (Å²) >= 11 is 0. The number of benzene rings is 1. The van der Waals surface area contributed by atoms with Gasteiger partial charge in [-0.1, -0.05) is 13.0 Å². The van der Waals surface area contributed by atoms with Crippen molar-refractivity contribution in [2.45, 2.75) is 31.6 Å². The highest BCUT2D eigenvalue weighted by molar-refractivity contribution is 5.95. The molecule has 1 aliphatic carbocycles. The number of hydrogen-bond acceptors (Lipinski definition) is 4. The number of carbonyl (C=O) groups excluding carboxylic acids is 2. The number of rotatable bonds is 4. The second-order valence-corrected chi connectivity index (χ2v) is 9.06. The van der Waals surface area contributed by atoms with Crippen molar-refractivity contribution in [1.29, 1.82) is 0 Å². The maximum Gasteiger partial charge on any atom is 0.259 e. The Morgan fingerprint density at radius 2 is 1.75 bits per heavy atom. The van der Waals surface area contributed by atoms with Crippen LogP contribution >= 0.6 is 0 Å². The predicted octanol–water partition coefficient (Wildman–Crippen LogP) is 3.05. The van der Waals surface area contributed by atoms with E-state index < -0.39 is 29.0 Å². The normalized spacial score (nSPS) is 23.4. The molecule has 1 unspecified atom stereocenters. The van der Waals surface area contributed by atoms with E-state index in [0.717, 1.165) is 18.0 Å². The lowest BCUT2D eigenvalue weighted by Gasteiger charge is -2.35. The van der Waals surface area contributed by atoms with Crippen LogP contribution in [0.1, 0.15) is 53.1 Å². The molecule has 2 saturated heterocycles. The average molecular weight is 440 g/mol. The zero-order chi connectivity index (χ0) is 22.4. The molecule has 8 heteroatoms. The molecule has 32 heavy (non-hydrogen) atoms. The zero-order valence-corrected chi connectivity index (χ0v) is 18.0. The van der Waals surface area contributed by atoms with Gasteiger partial charge in [0.15, 0.2) is 0 Å². The van der Waals surface area contributed by atoms with Crippen molar-refractivity contribution in [3.05, 3.63) is 58.8 Å². The van der Waals surface area contributed by atoms with Gasteiger partial charge in [-0.2, -0.15) is 0 Å². The SMILES string of the molecule is CC1CNC(=O)[C@H]1c1cc(F)c(C(=O)N2CCN(c3ccc(C4CC4)cn3)CC2)c(F)c1. The number of hydrogen-bond donors (Lipinski definition) is 1. The largest absolute Gasteiger partial charge is 0.355 e. The Balaban J connectivity index is 1.27. The topological polar surface area (TPSA) is 65.5 Å². The molecule has 0 bridgehead atoms. The second-order valence-electron chi connectivity index (χ2n) is 9.06. The van der Waals surface area contributed by atoms with Crippen LogP contribution in [-0.4, -0.2) is 54.4 Å². The molecule has 3 fully saturated rings. The minimum absolute atomic E-state index is 0.0668. The van der Waals surface area contributed by atoms with Crippen molar-refractivity contribution in [3.8, 4) is 0 Å². The number of piperazine rings is 1. The van der Waals surface area contributed by atoms with Crippen LogP contribution in [0.2, 0.25) is 0 Å². The van der Waals surface area contributed by atoms with E-state index in [4.69, 9.17) is 0 Å². The van der Waals surface area contributed by atoms with E-state index in [2.05, 4.69) is 21.3 Å². The molecule has 2 aliphatic heterocycles. The number of anilines is 1. The monoisotopic (exact) mass is 440 g/mol. The quantitative estimate of drug-likeness (QED) is 0.794. The lowest BCUT2D eigenvalue weighted by molar-refractivity contribution is -0.120. The van der Waals surface area contributed by atoms with Gasteiger partial charge in [0.1, 0.15) is 23.0 Å². The summed E-state index contributed by atoms with van der Waals surface area (Å²) in [6.45, 7) is 4.12. The molecule has 2 aromatic rings. The first-order valence-electron chi connectivity index (χ1n) is 11.2. The molecular formula is C24H26F2N4O2. The molecule has 0 radical (unpaired) electrons. The summed E-state index contributed by atoms with van der Waals surface area (Å²) in [7, 11) is 0. The van der Waals surface area contributed by atoms with Crippen molar-refractivity contribution in [1.82, 2.24) is 15.2 Å². The lowest BCUT2D eigenvalue weighted by atomic mass is 9.89. The molecule has 168 valence electrons. The number of nitrogens with one attached hydrogen (secondary N) is 1. The number of nitrogens with zero attached hydrogens (tertiary/aromatic N) is 3. The highest BCUT2D eigenvalue weighted by Crippen LogP contribution is 2.40. The van der Waals surface area contributed by atoms with Crippen LogP contribution in [0.5, 0.6) is 0 Å². The number of carbonyl (C=O) groups is 2. The average Bonchev–Trinajstić information content (AvgIpc) is 3.58. The van der Waals surface area contributed by atoms with Crippen molar-refractivity contribution in [2.24, 2.45) is 5.92 Å². The van der Waals surface area contributed by atoms with Crippen LogP contribution in [0, 0.1) is 17.6 Å². The Labute approximate surface area is 185 Å². The fourth-order valence-corrected chi connectivity index (χ4v) is 4.74. The molecule has 2 amide bonds. The van der Waals surface area contributed by atoms with Crippen molar-refractivity contribution in [3.63, 3.8) is 0 Å². The lowest BCUT2D eigenvalue weighted by Crippen LogP contribution is -2.49. The van der Waals surface area contributed by atoms with Gasteiger partial charge in [-0.3, -0.25) is 9.59 Å². The minimum atomic E-state index is -0.920. The smallest absolute Gasteiger partial charge is 0.259 e. The van der Waals surface area contributed by atoms with E-state index in [0.29, 0.717) is 38.6 Å². The molecule has 5 rings (SSSR count). The summed E-state index contributed by atoms with van der Waals surface area (Å²) in [4.78, 5) is 33.0. The molecule has 1 aromatic carbocycles. The van der Waals surface area contributed by atoms with Crippen LogP contribution in [-0.2, 0) is 4.79 Å². The predicted molar refractivity (Wildman–Crippen MR) is 116 cm³/mol. The van der Waals surface area contributed by atoms with Crippen LogP contribution in [0.25, 0.3) is 0 Å². The Morgan fingerprint density at radius 1 is 1.06 bits per heavy atom. The molecule has 6 nitrogen and oxygen atoms in total. The fourth-order valence-electron chi connectivity index (χ4n) is 4.74. The Morgan fingerprint density at radius 3 is 2.28 bits per heavy atom. The molecule has 0 spiro atoms. The first-order chi connectivity index (χ1) is 15.4. The number of pyridine rings is 1. The second kappa shape index (κ2) is 8.15. The molecule has 1 aromatic heterocycles. The van der Waals surface area contributed by atoms with Crippen LogP contribution in [0.4, 0.5) is 14.6 Å². The van der Waals surface area contributed by atoms with Crippen molar-refractivity contribution < 1.29 is 18.4 Å². The first kappa shape index (κ1) is 20.8. The van der Waals surface area contributed by atoms with Crippen molar-refractivity contribution in [2.75, 3.05) is 37.6 Å². The van der Waals surface area contributed by atoms with Gasteiger partial charge < -0.3 is 15.1 Å². The summed E-state index contributed by atoms with van der Waals surface area (Å²) in [5.41, 5.74) is 0.978. The molecule has 1 saturated carbocycles. The van der Waals surface area contributed by atoms with Crippen molar-refractivity contribution >= 4 is 17.6 Å². The van der Waals surface area contributed by atoms with Crippen LogP contribution in [0.3, 0.4) is 0 Å². The van der Waals surface area contributed by atoms with E-state index >= 15 is 0 Å². The summed E-state index contributed by atoms with van der Waals surface area (Å²) in [5.74, 6) is -1.92. The number of amides is 2. The van der Waals surface area contributed by atoms with Gasteiger partial charge in [0.05, 0.1) is 5.92 Å². The van der Waals surface area contributed by atoms with E-state index in [-0.39, 0.29) is 17.4 Å². The van der Waals surface area contributed by atoms with Gasteiger partial charge in [0.25, 0.3) is 5.91 Å². The van der Waals surface area contributed by atoms with E-state index in [1.165, 1.54) is 23.3 Å². The zero-order valence-electron chi connectivity index (χ0n) is 18.0. The summed E-state index contributed by atoms with van der Waals surface area (Å²) in [6, 6.07) is 6.37. The van der Waals surface area contributed by atoms with Crippen LogP contribution < -0.4 is 10.2 Å². The minimum Gasteiger partial charge on any atom is -0.355 e. The van der Waals surface area contributed by atoms with E-state index in [1.54, 1.807) is 0 Å². The molecule has 2 atom stereocenters. The number of halogens is 2. The fraction of sp³-hybridized carbons (Fsp3) is 0.458. The Hall–Kier alpha value is -3.03. The highest BCUT2D eigenvalue weighted by atomic mass is 19.1. The highest BCUT2D eigenvalue weighted by Gasteiger charge is 2.35. The number of aromatic nitrogens is 1. The van der Waals surface area contributed by atoms with E-state index in [1.807, 2.05) is 19.2 Å². The molecule has 3 aliphatic rings. The third-order valence-corrected chi connectivity index (χ3v) is 6.80. The van der Waals surface area contributed by atoms with Gasteiger partial charge >= 0.3 is 0 Å². The summed E-state index contributed by atoms with van der Waals surface area (Å²) in [5, 5.41) is 2.71. The van der Waals surface area contributed by atoms with Gasteiger partial charge in [0.2, 0.25) is 5.91 Å². The third-order valence-electron chi connectivity index (χ3n) is 6.80. The van der Waals surface area contributed by atoms with Gasteiger partial charge in [-0.05, 0) is 54.0 Å². The first-order valence-corrected chi connectivity index (χ1v) is 11.2. The maximum atomic E-state index is 14.8. The standard InChI is InChI=1S/C24H26F2N4O2/c1-14-12-28-23(31)21(14)17-10-18(25)22(19(26)11-17)24(32)30-8-6-29(7-9-30)20-5-4-16(13-27-20)15-2-3-15/h4-5,10-11,13-15,21H,2-3,6-9,12H2,1H3,(H,28,31)/t14?,21-/m1/s1. The van der Waals surface area contributed by atoms with Gasteiger partial charge in [0, 0.05) is 38.9 Å². The van der Waals surface area contributed by atoms with Gasteiger partial charge in [-0.15, -0.1) is 0 Å². The molecular weight excluding hydrogens is 414 g/mol. The van der Waals surface area contributed by atoms with Gasteiger partial charge in [-0.25, -0.2) is 13.8 Å². The summed E-state index contributed by atoms with van der Waals surface area (Å²) < 4.78 is 29.7.